The standard InChI is InChI=1S/C28H37N5O3/c1-31-16-6-17-32(20-19-31)28(35)33(18-5-3-2-4-7-27(34)30-36)25-12-10-22(11-13-25)24-9-8-23-14-15-29-26(23)21-24/h8-15,21,29,36H,2-7,16-20H2,1H3,(H,30,34). The second-order valence-corrected chi connectivity index (χ2v) is 9.60. The van der Waals surface area contributed by atoms with E-state index in [9.17, 15) is 9.59 Å². The Labute approximate surface area is 212 Å². The van der Waals surface area contributed by atoms with E-state index in [1.54, 1.807) is 5.48 Å². The van der Waals surface area contributed by atoms with Crippen LogP contribution < -0.4 is 10.4 Å². The van der Waals surface area contributed by atoms with Crippen molar-refractivity contribution in [2.75, 3.05) is 44.7 Å². The summed E-state index contributed by atoms with van der Waals surface area (Å²) in [5.74, 6) is -0.353. The molecule has 2 aromatic carbocycles. The van der Waals surface area contributed by atoms with Crippen LogP contribution in [0.2, 0.25) is 0 Å². The molecule has 1 fully saturated rings. The van der Waals surface area contributed by atoms with E-state index in [-0.39, 0.29) is 11.9 Å². The van der Waals surface area contributed by atoms with Gasteiger partial charge in [0.05, 0.1) is 0 Å². The fraction of sp³-hybridized carbons (Fsp3) is 0.429. The van der Waals surface area contributed by atoms with Gasteiger partial charge in [-0.1, -0.05) is 37.1 Å². The van der Waals surface area contributed by atoms with Crippen LogP contribution in [0.15, 0.2) is 54.7 Å². The van der Waals surface area contributed by atoms with Crippen LogP contribution >= 0.6 is 0 Å². The third kappa shape index (κ3) is 6.65. The fourth-order valence-electron chi connectivity index (χ4n) is 4.77. The lowest BCUT2D eigenvalue weighted by Crippen LogP contribution is -2.45. The van der Waals surface area contributed by atoms with Crippen molar-refractivity contribution in [1.82, 2.24) is 20.3 Å². The summed E-state index contributed by atoms with van der Waals surface area (Å²) in [5, 5.41) is 9.82. The Balaban J connectivity index is 1.45. The smallest absolute Gasteiger partial charge is 0.324 e. The third-order valence-corrected chi connectivity index (χ3v) is 6.95. The maximum Gasteiger partial charge on any atom is 0.324 e. The number of rotatable bonds is 9. The van der Waals surface area contributed by atoms with Gasteiger partial charge in [-0.15, -0.1) is 0 Å². The predicted molar refractivity (Wildman–Crippen MR) is 143 cm³/mol. The van der Waals surface area contributed by atoms with Crippen molar-refractivity contribution in [3.8, 4) is 11.1 Å². The Hall–Kier alpha value is -3.36. The van der Waals surface area contributed by atoms with Crippen molar-refractivity contribution in [2.45, 2.75) is 38.5 Å². The molecule has 192 valence electrons. The zero-order valence-corrected chi connectivity index (χ0v) is 21.1. The summed E-state index contributed by atoms with van der Waals surface area (Å²) in [4.78, 5) is 34.3. The Morgan fingerprint density at radius 3 is 2.53 bits per heavy atom. The molecule has 3 amide bonds. The first-order valence-corrected chi connectivity index (χ1v) is 12.9. The van der Waals surface area contributed by atoms with E-state index in [2.05, 4.69) is 53.3 Å². The molecule has 0 radical (unpaired) electrons. The van der Waals surface area contributed by atoms with Crippen LogP contribution in [0.5, 0.6) is 0 Å². The number of unbranched alkanes of at least 4 members (excludes halogenated alkanes) is 3. The summed E-state index contributed by atoms with van der Waals surface area (Å²) in [6, 6.07) is 16.8. The number of carbonyl (C=O) groups is 2. The van der Waals surface area contributed by atoms with Gasteiger partial charge in [0.15, 0.2) is 0 Å². The number of fused-ring (bicyclic) bond motifs is 1. The number of aromatic nitrogens is 1. The van der Waals surface area contributed by atoms with E-state index in [0.717, 1.165) is 80.6 Å². The Morgan fingerprint density at radius 2 is 1.72 bits per heavy atom. The van der Waals surface area contributed by atoms with Crippen molar-refractivity contribution in [1.29, 1.82) is 0 Å². The Morgan fingerprint density at radius 1 is 0.944 bits per heavy atom. The molecule has 1 aliphatic heterocycles. The molecule has 1 aromatic heterocycles. The third-order valence-electron chi connectivity index (χ3n) is 6.95. The average molecular weight is 492 g/mol. The molecule has 2 heterocycles. The highest BCUT2D eigenvalue weighted by Gasteiger charge is 2.24. The number of hydroxylamine groups is 1. The van der Waals surface area contributed by atoms with Gasteiger partial charge >= 0.3 is 6.03 Å². The number of benzene rings is 2. The Kier molecular flexibility index (Phi) is 8.97. The number of likely N-dealkylation sites (N-methyl/N-ethyl adjacent to an activating group) is 1. The van der Waals surface area contributed by atoms with Gasteiger partial charge in [-0.2, -0.15) is 0 Å². The number of aromatic amines is 1. The number of hydrogen-bond acceptors (Lipinski definition) is 4. The van der Waals surface area contributed by atoms with E-state index in [0.29, 0.717) is 13.0 Å². The van der Waals surface area contributed by atoms with E-state index < -0.39 is 0 Å². The van der Waals surface area contributed by atoms with Crippen molar-refractivity contribution in [3.05, 3.63) is 54.7 Å². The number of hydrogen-bond donors (Lipinski definition) is 3. The molecule has 1 saturated heterocycles. The van der Waals surface area contributed by atoms with Crippen molar-refractivity contribution in [2.24, 2.45) is 0 Å². The topological polar surface area (TPSA) is 91.9 Å². The number of nitrogens with zero attached hydrogens (tertiary/aromatic N) is 3. The molecular formula is C28H37N5O3. The molecule has 0 aliphatic carbocycles. The zero-order chi connectivity index (χ0) is 25.3. The minimum atomic E-state index is -0.353. The highest BCUT2D eigenvalue weighted by atomic mass is 16.5. The molecule has 0 saturated carbocycles. The number of urea groups is 1. The highest BCUT2D eigenvalue weighted by Crippen LogP contribution is 2.27. The fourth-order valence-corrected chi connectivity index (χ4v) is 4.77. The lowest BCUT2D eigenvalue weighted by Gasteiger charge is -2.30. The number of anilines is 1. The Bertz CT molecular complexity index is 1140. The molecule has 0 unspecified atom stereocenters. The van der Waals surface area contributed by atoms with Crippen LogP contribution in [0.1, 0.15) is 38.5 Å². The second kappa shape index (κ2) is 12.6. The monoisotopic (exact) mass is 491 g/mol. The minimum Gasteiger partial charge on any atom is -0.361 e. The number of nitrogens with one attached hydrogen (secondary N) is 2. The summed E-state index contributed by atoms with van der Waals surface area (Å²) >= 11 is 0. The molecule has 4 rings (SSSR count). The van der Waals surface area contributed by atoms with Gasteiger partial charge in [0.2, 0.25) is 5.91 Å². The first-order valence-electron chi connectivity index (χ1n) is 12.9. The van der Waals surface area contributed by atoms with Crippen LogP contribution in [0, 0.1) is 0 Å². The summed E-state index contributed by atoms with van der Waals surface area (Å²) in [6.45, 7) is 4.02. The van der Waals surface area contributed by atoms with Crippen LogP contribution in [0.4, 0.5) is 10.5 Å². The van der Waals surface area contributed by atoms with Crippen molar-refractivity contribution in [3.63, 3.8) is 0 Å². The number of carbonyl (C=O) groups excluding carboxylic acids is 2. The first kappa shape index (κ1) is 25.7. The molecule has 0 bridgehead atoms. The molecule has 0 atom stereocenters. The summed E-state index contributed by atoms with van der Waals surface area (Å²) in [6.07, 6.45) is 6.61. The van der Waals surface area contributed by atoms with E-state index in [4.69, 9.17) is 5.21 Å². The molecular weight excluding hydrogens is 454 g/mol. The normalized spacial score (nSPS) is 14.6. The van der Waals surface area contributed by atoms with Gasteiger partial charge in [-0.3, -0.25) is 14.9 Å². The maximum absolute atomic E-state index is 13.6. The van der Waals surface area contributed by atoms with Crippen LogP contribution in [0.3, 0.4) is 0 Å². The minimum absolute atomic E-state index is 0.0607. The molecule has 8 heteroatoms. The van der Waals surface area contributed by atoms with E-state index >= 15 is 0 Å². The van der Waals surface area contributed by atoms with Gasteiger partial charge in [-0.25, -0.2) is 10.3 Å². The lowest BCUT2D eigenvalue weighted by molar-refractivity contribution is -0.129. The van der Waals surface area contributed by atoms with Crippen molar-refractivity contribution < 1.29 is 14.8 Å². The van der Waals surface area contributed by atoms with E-state index in [1.807, 2.05) is 28.1 Å². The SMILES string of the molecule is CN1CCCN(C(=O)N(CCCCCCC(=O)NO)c2ccc(-c3ccc4cc[nH]c4c3)cc2)CC1. The van der Waals surface area contributed by atoms with Gasteiger partial charge in [0.1, 0.15) is 0 Å². The molecule has 1 aliphatic rings. The highest BCUT2D eigenvalue weighted by molar-refractivity contribution is 5.92. The molecule has 8 nitrogen and oxygen atoms in total. The van der Waals surface area contributed by atoms with Gasteiger partial charge in [-0.05, 0) is 73.6 Å². The average Bonchev–Trinajstić information content (AvgIpc) is 3.27. The molecule has 36 heavy (non-hydrogen) atoms. The van der Waals surface area contributed by atoms with Gasteiger partial charge in [0.25, 0.3) is 0 Å². The number of amides is 3. The van der Waals surface area contributed by atoms with Gasteiger partial charge in [0, 0.05) is 50.0 Å². The quantitative estimate of drug-likeness (QED) is 0.227. The van der Waals surface area contributed by atoms with Crippen LogP contribution in [-0.2, 0) is 4.79 Å². The largest absolute Gasteiger partial charge is 0.361 e. The number of H-pyrrole nitrogens is 1. The molecule has 0 spiro atoms. The maximum atomic E-state index is 13.6. The second-order valence-electron chi connectivity index (χ2n) is 9.60. The van der Waals surface area contributed by atoms with Crippen molar-refractivity contribution >= 4 is 28.5 Å². The zero-order valence-electron chi connectivity index (χ0n) is 21.1. The molecule has 3 aromatic rings. The summed E-state index contributed by atoms with van der Waals surface area (Å²) < 4.78 is 0. The predicted octanol–water partition coefficient (Wildman–Crippen LogP) is 4.85. The lowest BCUT2D eigenvalue weighted by atomic mass is 10.0. The molecule has 3 N–H and O–H groups in total. The van der Waals surface area contributed by atoms with Crippen LogP contribution in [-0.4, -0.2) is 71.7 Å². The summed E-state index contributed by atoms with van der Waals surface area (Å²) in [7, 11) is 2.10. The first-order chi connectivity index (χ1) is 17.5. The van der Waals surface area contributed by atoms with Crippen LogP contribution in [0.25, 0.3) is 22.0 Å². The van der Waals surface area contributed by atoms with Gasteiger partial charge < -0.3 is 14.8 Å². The van der Waals surface area contributed by atoms with E-state index in [1.165, 1.54) is 5.39 Å². The summed E-state index contributed by atoms with van der Waals surface area (Å²) in [5.41, 5.74) is 5.94.